The minimum atomic E-state index is -0.218. The van der Waals surface area contributed by atoms with Crippen molar-refractivity contribution in [1.29, 1.82) is 0 Å². The summed E-state index contributed by atoms with van der Waals surface area (Å²) in [7, 11) is 1.64. The van der Waals surface area contributed by atoms with E-state index in [2.05, 4.69) is 16.9 Å². The topological polar surface area (TPSA) is 69.3 Å². The van der Waals surface area contributed by atoms with Crippen molar-refractivity contribution in [1.82, 2.24) is 9.99 Å². The molecule has 0 saturated carbocycles. The second kappa shape index (κ2) is 7.81. The number of rotatable bonds is 6. The Morgan fingerprint density at radius 2 is 2.08 bits per heavy atom. The number of aromatic nitrogens is 1. The molecule has 0 atom stereocenters. The third-order valence-corrected chi connectivity index (χ3v) is 4.79. The molecule has 0 aliphatic heterocycles. The van der Waals surface area contributed by atoms with Crippen molar-refractivity contribution in [3.8, 4) is 5.75 Å². The van der Waals surface area contributed by atoms with E-state index in [-0.39, 0.29) is 12.3 Å². The van der Waals surface area contributed by atoms with Crippen LogP contribution in [-0.4, -0.2) is 17.6 Å². The first-order valence-corrected chi connectivity index (χ1v) is 8.87. The Bertz CT molecular complexity index is 950. The molecule has 5 nitrogen and oxygen atoms in total. The number of hydrogen-bond donors (Lipinski definition) is 2. The number of carbonyl (C=O) groups excluding carboxylic acids is 1. The monoisotopic (exact) mass is 371 g/mol. The molecule has 0 unspecified atom stereocenters. The summed E-state index contributed by atoms with van der Waals surface area (Å²) < 4.78 is 7.61. The minimum absolute atomic E-state index is 0.218. The van der Waals surface area contributed by atoms with E-state index in [1.54, 1.807) is 7.11 Å². The summed E-state index contributed by atoms with van der Waals surface area (Å²) in [5.41, 5.74) is 6.48. The first kappa shape index (κ1) is 18.3. The number of amides is 1. The number of nitrogens with one attached hydrogen (secondary N) is 1. The van der Waals surface area contributed by atoms with Gasteiger partial charge in [0.1, 0.15) is 5.75 Å². The Morgan fingerprint density at radius 1 is 1.27 bits per heavy atom. The van der Waals surface area contributed by atoms with Gasteiger partial charge in [-0.25, -0.2) is 5.84 Å². The molecular formula is C20H22ClN3O2. The van der Waals surface area contributed by atoms with Crippen LogP contribution in [0.5, 0.6) is 5.75 Å². The average Bonchev–Trinajstić information content (AvgIpc) is 2.93. The Hall–Kier alpha value is -2.50. The lowest BCUT2D eigenvalue weighted by atomic mass is 10.1. The summed E-state index contributed by atoms with van der Waals surface area (Å²) in [6.07, 6.45) is 1.02. The summed E-state index contributed by atoms with van der Waals surface area (Å²) in [5, 5.41) is 1.72. The van der Waals surface area contributed by atoms with E-state index >= 15 is 0 Å². The van der Waals surface area contributed by atoms with Gasteiger partial charge in [-0.2, -0.15) is 0 Å². The minimum Gasteiger partial charge on any atom is -0.497 e. The van der Waals surface area contributed by atoms with Gasteiger partial charge in [0.05, 0.1) is 13.5 Å². The van der Waals surface area contributed by atoms with Gasteiger partial charge in [0.25, 0.3) is 0 Å². The Kier molecular flexibility index (Phi) is 5.49. The highest BCUT2D eigenvalue weighted by molar-refractivity contribution is 6.30. The molecule has 1 amide bonds. The fourth-order valence-corrected chi connectivity index (χ4v) is 3.61. The fourth-order valence-electron chi connectivity index (χ4n) is 3.39. The average molecular weight is 372 g/mol. The lowest BCUT2D eigenvalue weighted by Gasteiger charge is -2.11. The quantitative estimate of drug-likeness (QED) is 0.396. The lowest BCUT2D eigenvalue weighted by Crippen LogP contribution is -2.31. The smallest absolute Gasteiger partial charge is 0.238 e. The molecule has 0 bridgehead atoms. The molecular weight excluding hydrogens is 350 g/mol. The number of halogens is 1. The molecule has 3 rings (SSSR count). The molecule has 3 N–H and O–H groups in total. The molecule has 0 spiro atoms. The van der Waals surface area contributed by atoms with Crippen molar-refractivity contribution < 1.29 is 9.53 Å². The first-order chi connectivity index (χ1) is 12.6. The molecule has 0 saturated heterocycles. The van der Waals surface area contributed by atoms with Crippen LogP contribution in [0.25, 0.3) is 10.9 Å². The molecule has 26 heavy (non-hydrogen) atoms. The van der Waals surface area contributed by atoms with Crippen molar-refractivity contribution in [2.45, 2.75) is 26.3 Å². The van der Waals surface area contributed by atoms with Gasteiger partial charge < -0.3 is 9.30 Å². The van der Waals surface area contributed by atoms with Crippen LogP contribution in [0.15, 0.2) is 42.5 Å². The van der Waals surface area contributed by atoms with E-state index in [1.807, 2.05) is 42.5 Å². The highest BCUT2D eigenvalue weighted by Gasteiger charge is 2.19. The summed E-state index contributed by atoms with van der Waals surface area (Å²) >= 11 is 6.14. The Balaban J connectivity index is 2.18. The number of nitrogens with two attached hydrogens (primary N) is 1. The van der Waals surface area contributed by atoms with E-state index in [1.165, 1.54) is 0 Å². The van der Waals surface area contributed by atoms with Crippen LogP contribution in [0.2, 0.25) is 5.02 Å². The number of hydrogen-bond acceptors (Lipinski definition) is 3. The highest BCUT2D eigenvalue weighted by atomic mass is 35.5. The predicted octanol–water partition coefficient (Wildman–Crippen LogP) is 3.45. The molecule has 0 aliphatic rings. The third-order valence-electron chi connectivity index (χ3n) is 4.56. The molecule has 0 aliphatic carbocycles. The van der Waals surface area contributed by atoms with Crippen LogP contribution in [0.3, 0.4) is 0 Å². The summed E-state index contributed by atoms with van der Waals surface area (Å²) in [4.78, 5) is 12.0. The van der Waals surface area contributed by atoms with Gasteiger partial charge in [0.2, 0.25) is 5.91 Å². The molecule has 136 valence electrons. The summed E-state index contributed by atoms with van der Waals surface area (Å²) in [5.74, 6) is 5.85. The van der Waals surface area contributed by atoms with Crippen molar-refractivity contribution in [2.75, 3.05) is 7.11 Å². The molecule has 3 aromatic rings. The number of methoxy groups -OCH3 is 1. The second-order valence-electron chi connectivity index (χ2n) is 6.12. The molecule has 6 heteroatoms. The zero-order valence-corrected chi connectivity index (χ0v) is 15.6. The van der Waals surface area contributed by atoms with Crippen LogP contribution in [0.4, 0.5) is 0 Å². The van der Waals surface area contributed by atoms with Crippen LogP contribution in [-0.2, 0) is 24.2 Å². The van der Waals surface area contributed by atoms with E-state index in [0.717, 1.165) is 39.9 Å². The molecule has 2 aromatic carbocycles. The van der Waals surface area contributed by atoms with Gasteiger partial charge >= 0.3 is 0 Å². The highest BCUT2D eigenvalue weighted by Crippen LogP contribution is 2.31. The number of ether oxygens (including phenoxy) is 1. The normalized spacial score (nSPS) is 10.9. The predicted molar refractivity (Wildman–Crippen MR) is 104 cm³/mol. The van der Waals surface area contributed by atoms with Crippen molar-refractivity contribution in [3.63, 3.8) is 0 Å². The lowest BCUT2D eigenvalue weighted by molar-refractivity contribution is -0.120. The number of nitrogens with zero attached hydrogens (tertiary/aromatic N) is 1. The SMILES string of the molecule is CCc1c(CC(=O)NN)c2cc(OC)ccc2n1Cc1cccc(Cl)c1. The van der Waals surface area contributed by atoms with E-state index in [4.69, 9.17) is 22.2 Å². The van der Waals surface area contributed by atoms with Crippen molar-refractivity contribution >= 4 is 28.4 Å². The van der Waals surface area contributed by atoms with E-state index in [0.29, 0.717) is 11.6 Å². The van der Waals surface area contributed by atoms with E-state index < -0.39 is 0 Å². The van der Waals surface area contributed by atoms with Crippen LogP contribution >= 0.6 is 11.6 Å². The maximum absolute atomic E-state index is 12.0. The molecule has 1 heterocycles. The van der Waals surface area contributed by atoms with Gasteiger partial charge in [0.15, 0.2) is 0 Å². The number of carbonyl (C=O) groups is 1. The second-order valence-corrected chi connectivity index (χ2v) is 6.56. The zero-order chi connectivity index (χ0) is 18.7. The Labute approximate surface area is 157 Å². The third kappa shape index (κ3) is 3.54. The summed E-state index contributed by atoms with van der Waals surface area (Å²) in [6.45, 7) is 2.76. The Morgan fingerprint density at radius 3 is 2.73 bits per heavy atom. The number of hydrazine groups is 1. The molecule has 1 aromatic heterocycles. The van der Waals surface area contributed by atoms with Gasteiger partial charge in [-0.3, -0.25) is 10.2 Å². The molecule has 0 fully saturated rings. The number of benzene rings is 2. The number of fused-ring (bicyclic) bond motifs is 1. The summed E-state index contributed by atoms with van der Waals surface area (Å²) in [6, 6.07) is 13.8. The van der Waals surface area contributed by atoms with Gasteiger partial charge in [-0.1, -0.05) is 30.7 Å². The van der Waals surface area contributed by atoms with Crippen molar-refractivity contribution in [2.24, 2.45) is 5.84 Å². The zero-order valence-electron chi connectivity index (χ0n) is 14.9. The van der Waals surface area contributed by atoms with E-state index in [9.17, 15) is 4.79 Å². The van der Waals surface area contributed by atoms with Crippen LogP contribution in [0.1, 0.15) is 23.7 Å². The van der Waals surface area contributed by atoms with Gasteiger partial charge in [0, 0.05) is 28.2 Å². The van der Waals surface area contributed by atoms with Gasteiger partial charge in [-0.15, -0.1) is 0 Å². The fraction of sp³-hybridized carbons (Fsp3) is 0.250. The van der Waals surface area contributed by atoms with Crippen LogP contribution < -0.4 is 16.0 Å². The maximum atomic E-state index is 12.0. The molecule has 0 radical (unpaired) electrons. The van der Waals surface area contributed by atoms with Gasteiger partial charge in [-0.05, 0) is 47.9 Å². The standard InChI is InChI=1S/C20H22ClN3O2/c1-3-18-17(11-20(25)23-22)16-10-15(26-2)7-8-19(16)24(18)12-13-5-4-6-14(21)9-13/h4-10H,3,11-12,22H2,1-2H3,(H,23,25). The largest absolute Gasteiger partial charge is 0.497 e. The van der Waals surface area contributed by atoms with Crippen molar-refractivity contribution in [3.05, 3.63) is 64.3 Å². The first-order valence-electron chi connectivity index (χ1n) is 8.49. The maximum Gasteiger partial charge on any atom is 0.238 e. The van der Waals surface area contributed by atoms with Crippen LogP contribution in [0, 0.1) is 0 Å².